The molecule has 0 aromatic rings. The topological polar surface area (TPSA) is 9.23 Å². The van der Waals surface area contributed by atoms with Gasteiger partial charge >= 0.3 is 0 Å². The van der Waals surface area contributed by atoms with E-state index < -0.39 is 0 Å². The minimum absolute atomic E-state index is 0.196. The molecular formula is C12H20O. The molecular weight excluding hydrogens is 160 g/mol. The molecule has 0 heterocycles. The number of allylic oxidation sites excluding steroid dienone is 3. The molecule has 1 nitrogen and oxygen atoms in total. The fourth-order valence-corrected chi connectivity index (χ4v) is 1.67. The number of ether oxygens (including phenoxy) is 1. The number of hydrogen-bond acceptors (Lipinski definition) is 1. The van der Waals surface area contributed by atoms with Crippen LogP contribution in [0, 0.1) is 11.3 Å². The van der Waals surface area contributed by atoms with Crippen LogP contribution in [0.2, 0.25) is 0 Å². The van der Waals surface area contributed by atoms with Crippen LogP contribution in [-0.2, 0) is 4.74 Å². The van der Waals surface area contributed by atoms with Gasteiger partial charge in [-0.05, 0) is 29.4 Å². The number of rotatable bonds is 1. The standard InChI is InChI=1S/C12H20O/c1-9-6-7-10(12(2,3)4)11(8-9)13-5/h7-9H,6H2,1-5H3. The van der Waals surface area contributed by atoms with E-state index in [-0.39, 0.29) is 5.41 Å². The van der Waals surface area contributed by atoms with Gasteiger partial charge in [0.2, 0.25) is 0 Å². The van der Waals surface area contributed by atoms with E-state index in [1.54, 1.807) is 7.11 Å². The van der Waals surface area contributed by atoms with Crippen molar-refractivity contribution in [1.82, 2.24) is 0 Å². The molecule has 1 heteroatoms. The van der Waals surface area contributed by atoms with Crippen LogP contribution >= 0.6 is 0 Å². The Morgan fingerprint density at radius 2 is 2.00 bits per heavy atom. The minimum atomic E-state index is 0.196. The Morgan fingerprint density at radius 1 is 1.38 bits per heavy atom. The van der Waals surface area contributed by atoms with Crippen molar-refractivity contribution in [3.8, 4) is 0 Å². The second kappa shape index (κ2) is 3.57. The predicted molar refractivity (Wildman–Crippen MR) is 56.4 cm³/mol. The summed E-state index contributed by atoms with van der Waals surface area (Å²) in [6, 6.07) is 0. The summed E-state index contributed by atoms with van der Waals surface area (Å²) in [4.78, 5) is 0. The van der Waals surface area contributed by atoms with Crippen molar-refractivity contribution in [1.29, 1.82) is 0 Å². The molecule has 0 N–H and O–H groups in total. The molecule has 74 valence electrons. The molecule has 13 heavy (non-hydrogen) atoms. The van der Waals surface area contributed by atoms with Crippen LogP contribution in [0.5, 0.6) is 0 Å². The first-order valence-corrected chi connectivity index (χ1v) is 4.92. The Bertz CT molecular complexity index is 240. The molecule has 1 aliphatic rings. The van der Waals surface area contributed by atoms with E-state index in [4.69, 9.17) is 4.74 Å². The summed E-state index contributed by atoms with van der Waals surface area (Å²) in [5.74, 6) is 1.67. The summed E-state index contributed by atoms with van der Waals surface area (Å²) in [7, 11) is 1.75. The van der Waals surface area contributed by atoms with Crippen LogP contribution in [0.25, 0.3) is 0 Å². The van der Waals surface area contributed by atoms with Crippen molar-refractivity contribution >= 4 is 0 Å². The van der Waals surface area contributed by atoms with Gasteiger partial charge < -0.3 is 4.74 Å². The first kappa shape index (κ1) is 10.4. The molecule has 0 saturated heterocycles. The lowest BCUT2D eigenvalue weighted by molar-refractivity contribution is 0.274. The van der Waals surface area contributed by atoms with Crippen molar-refractivity contribution in [2.45, 2.75) is 34.1 Å². The molecule has 0 saturated carbocycles. The monoisotopic (exact) mass is 180 g/mol. The largest absolute Gasteiger partial charge is 0.497 e. The highest BCUT2D eigenvalue weighted by Crippen LogP contribution is 2.35. The number of hydrogen-bond donors (Lipinski definition) is 0. The zero-order valence-corrected chi connectivity index (χ0v) is 9.35. The van der Waals surface area contributed by atoms with Crippen LogP contribution in [0.15, 0.2) is 23.5 Å². The third kappa shape index (κ3) is 2.36. The van der Waals surface area contributed by atoms with E-state index in [0.29, 0.717) is 5.92 Å². The molecule has 1 unspecified atom stereocenters. The molecule has 0 radical (unpaired) electrons. The Hall–Kier alpha value is -0.720. The fourth-order valence-electron chi connectivity index (χ4n) is 1.67. The van der Waals surface area contributed by atoms with E-state index in [2.05, 4.69) is 39.8 Å². The van der Waals surface area contributed by atoms with Gasteiger partial charge in [-0.15, -0.1) is 0 Å². The van der Waals surface area contributed by atoms with Crippen LogP contribution in [0.4, 0.5) is 0 Å². The molecule has 1 atom stereocenters. The van der Waals surface area contributed by atoms with Gasteiger partial charge in [-0.2, -0.15) is 0 Å². The average molecular weight is 180 g/mol. The summed E-state index contributed by atoms with van der Waals surface area (Å²) < 4.78 is 5.39. The second-order valence-electron chi connectivity index (χ2n) is 4.82. The zero-order valence-electron chi connectivity index (χ0n) is 9.35. The van der Waals surface area contributed by atoms with Crippen molar-refractivity contribution in [3.63, 3.8) is 0 Å². The summed E-state index contributed by atoms with van der Waals surface area (Å²) in [5, 5.41) is 0. The first-order valence-electron chi connectivity index (χ1n) is 4.92. The average Bonchev–Trinajstić information content (AvgIpc) is 2.01. The Balaban J connectivity index is 2.93. The van der Waals surface area contributed by atoms with Gasteiger partial charge in [0.15, 0.2) is 0 Å². The van der Waals surface area contributed by atoms with Gasteiger partial charge in [0, 0.05) is 0 Å². The third-order valence-corrected chi connectivity index (χ3v) is 2.42. The van der Waals surface area contributed by atoms with E-state index in [0.717, 1.165) is 12.2 Å². The normalized spacial score (nSPS) is 23.6. The highest BCUT2D eigenvalue weighted by molar-refractivity contribution is 5.34. The zero-order chi connectivity index (χ0) is 10.1. The van der Waals surface area contributed by atoms with Gasteiger partial charge in [0.05, 0.1) is 7.11 Å². The van der Waals surface area contributed by atoms with Gasteiger partial charge in [0.25, 0.3) is 0 Å². The van der Waals surface area contributed by atoms with E-state index >= 15 is 0 Å². The Labute approximate surface area is 81.5 Å². The van der Waals surface area contributed by atoms with Crippen LogP contribution < -0.4 is 0 Å². The smallest absolute Gasteiger partial charge is 0.118 e. The van der Waals surface area contributed by atoms with E-state index in [1.165, 1.54) is 5.57 Å². The van der Waals surface area contributed by atoms with Gasteiger partial charge in [-0.1, -0.05) is 33.8 Å². The lowest BCUT2D eigenvalue weighted by atomic mass is 9.80. The van der Waals surface area contributed by atoms with Crippen LogP contribution in [0.1, 0.15) is 34.1 Å². The summed E-state index contributed by atoms with van der Waals surface area (Å²) in [6.07, 6.45) is 5.67. The van der Waals surface area contributed by atoms with E-state index in [1.807, 2.05) is 0 Å². The minimum Gasteiger partial charge on any atom is -0.497 e. The molecule has 0 bridgehead atoms. The second-order valence-corrected chi connectivity index (χ2v) is 4.82. The predicted octanol–water partition coefficient (Wildman–Crippen LogP) is 3.53. The first-order chi connectivity index (χ1) is 5.95. The molecule has 0 aromatic heterocycles. The maximum absolute atomic E-state index is 5.39. The molecule has 0 fully saturated rings. The molecule has 0 aliphatic heterocycles. The highest BCUT2D eigenvalue weighted by Gasteiger charge is 2.24. The fraction of sp³-hybridized carbons (Fsp3) is 0.667. The van der Waals surface area contributed by atoms with E-state index in [9.17, 15) is 0 Å². The third-order valence-electron chi connectivity index (χ3n) is 2.42. The molecule has 1 aliphatic carbocycles. The Morgan fingerprint density at radius 3 is 2.46 bits per heavy atom. The summed E-state index contributed by atoms with van der Waals surface area (Å²) in [5.41, 5.74) is 1.54. The summed E-state index contributed by atoms with van der Waals surface area (Å²) in [6.45, 7) is 8.89. The van der Waals surface area contributed by atoms with Crippen molar-refractivity contribution in [2.24, 2.45) is 11.3 Å². The molecule has 0 aromatic carbocycles. The maximum atomic E-state index is 5.39. The van der Waals surface area contributed by atoms with Crippen LogP contribution in [-0.4, -0.2) is 7.11 Å². The van der Waals surface area contributed by atoms with Crippen molar-refractivity contribution < 1.29 is 4.74 Å². The maximum Gasteiger partial charge on any atom is 0.118 e. The van der Waals surface area contributed by atoms with Crippen molar-refractivity contribution in [2.75, 3.05) is 7.11 Å². The molecule has 1 rings (SSSR count). The Kier molecular flexibility index (Phi) is 2.84. The summed E-state index contributed by atoms with van der Waals surface area (Å²) >= 11 is 0. The van der Waals surface area contributed by atoms with Gasteiger partial charge in [0.1, 0.15) is 5.76 Å². The molecule has 0 spiro atoms. The molecule has 0 amide bonds. The lowest BCUT2D eigenvalue weighted by Crippen LogP contribution is -2.16. The quantitative estimate of drug-likeness (QED) is 0.600. The SMILES string of the molecule is COC1=CC(C)CC=C1C(C)(C)C. The highest BCUT2D eigenvalue weighted by atomic mass is 16.5. The van der Waals surface area contributed by atoms with Crippen molar-refractivity contribution in [3.05, 3.63) is 23.5 Å². The van der Waals surface area contributed by atoms with Crippen LogP contribution in [0.3, 0.4) is 0 Å². The number of methoxy groups -OCH3 is 1. The van der Waals surface area contributed by atoms with Gasteiger partial charge in [-0.3, -0.25) is 0 Å². The lowest BCUT2D eigenvalue weighted by Gasteiger charge is -2.28. The van der Waals surface area contributed by atoms with Gasteiger partial charge in [-0.25, -0.2) is 0 Å².